The molecule has 0 saturated carbocycles. The molecule has 0 atom stereocenters. The maximum atomic E-state index is 12.2. The second kappa shape index (κ2) is 8.52. The van der Waals surface area contributed by atoms with Gasteiger partial charge in [0.15, 0.2) is 17.3 Å². The number of hydrogen-bond donors (Lipinski definition) is 3. The highest BCUT2D eigenvalue weighted by atomic mass is 16.5. The van der Waals surface area contributed by atoms with Gasteiger partial charge in [-0.3, -0.25) is 4.79 Å². The summed E-state index contributed by atoms with van der Waals surface area (Å²) in [5, 5.41) is 20.6. The van der Waals surface area contributed by atoms with Gasteiger partial charge in [0, 0.05) is 23.5 Å². The SMILES string of the molecule is COc1cc(/C=C/C(=O)CCCc2c[nH]c3ccc(O)cc23)cc(OC)c1O. The number of aromatic amines is 1. The zero-order chi connectivity index (χ0) is 20.1. The van der Waals surface area contributed by atoms with Crippen LogP contribution >= 0.6 is 0 Å². The van der Waals surface area contributed by atoms with Gasteiger partial charge in [0.1, 0.15) is 5.75 Å². The molecule has 1 aromatic heterocycles. The molecule has 0 amide bonds. The maximum absolute atomic E-state index is 12.2. The quantitative estimate of drug-likeness (QED) is 0.509. The fourth-order valence-corrected chi connectivity index (χ4v) is 3.11. The molecule has 0 aliphatic rings. The van der Waals surface area contributed by atoms with Gasteiger partial charge < -0.3 is 24.7 Å². The van der Waals surface area contributed by atoms with Crippen molar-refractivity contribution in [3.63, 3.8) is 0 Å². The average molecular weight is 381 g/mol. The smallest absolute Gasteiger partial charge is 0.200 e. The van der Waals surface area contributed by atoms with Crippen LogP contribution in [0.15, 0.2) is 42.6 Å². The third-order valence-electron chi connectivity index (χ3n) is 4.58. The molecule has 3 N–H and O–H groups in total. The van der Waals surface area contributed by atoms with E-state index in [4.69, 9.17) is 9.47 Å². The van der Waals surface area contributed by atoms with Gasteiger partial charge in [-0.05, 0) is 60.4 Å². The Morgan fingerprint density at radius 3 is 2.50 bits per heavy atom. The Morgan fingerprint density at radius 2 is 1.82 bits per heavy atom. The number of phenols is 2. The summed E-state index contributed by atoms with van der Waals surface area (Å²) in [7, 11) is 2.91. The Hall–Kier alpha value is -3.41. The summed E-state index contributed by atoms with van der Waals surface area (Å²) < 4.78 is 10.2. The normalized spacial score (nSPS) is 11.2. The summed E-state index contributed by atoms with van der Waals surface area (Å²) in [6.07, 6.45) is 6.97. The Bertz CT molecular complexity index is 994. The molecule has 0 aliphatic heterocycles. The van der Waals surface area contributed by atoms with Crippen LogP contribution in [0.4, 0.5) is 0 Å². The number of fused-ring (bicyclic) bond motifs is 1. The average Bonchev–Trinajstić information content (AvgIpc) is 3.09. The van der Waals surface area contributed by atoms with Gasteiger partial charge in [0.25, 0.3) is 0 Å². The van der Waals surface area contributed by atoms with Crippen LogP contribution in [0.2, 0.25) is 0 Å². The minimum atomic E-state index is -0.0711. The van der Waals surface area contributed by atoms with E-state index < -0.39 is 0 Å². The number of phenolic OH excluding ortho intramolecular Hbond substituents is 2. The van der Waals surface area contributed by atoms with Crippen molar-refractivity contribution in [1.29, 1.82) is 0 Å². The van der Waals surface area contributed by atoms with Crippen LogP contribution in [-0.4, -0.2) is 35.2 Å². The molecule has 0 spiro atoms. The van der Waals surface area contributed by atoms with E-state index >= 15 is 0 Å². The van der Waals surface area contributed by atoms with Crippen LogP contribution in [0.3, 0.4) is 0 Å². The van der Waals surface area contributed by atoms with Crippen LogP contribution < -0.4 is 9.47 Å². The summed E-state index contributed by atoms with van der Waals surface area (Å²) >= 11 is 0. The van der Waals surface area contributed by atoms with Crippen molar-refractivity contribution in [2.45, 2.75) is 19.3 Å². The molecule has 3 rings (SSSR count). The fourth-order valence-electron chi connectivity index (χ4n) is 3.11. The van der Waals surface area contributed by atoms with Gasteiger partial charge >= 0.3 is 0 Å². The largest absolute Gasteiger partial charge is 0.508 e. The molecule has 146 valence electrons. The molecule has 28 heavy (non-hydrogen) atoms. The van der Waals surface area contributed by atoms with Gasteiger partial charge in [0.05, 0.1) is 14.2 Å². The first-order chi connectivity index (χ1) is 13.5. The zero-order valence-corrected chi connectivity index (χ0v) is 15.9. The number of aromatic hydroxyl groups is 2. The summed E-state index contributed by atoms with van der Waals surface area (Å²) in [4.78, 5) is 15.4. The highest BCUT2D eigenvalue weighted by molar-refractivity contribution is 5.93. The molecule has 0 saturated heterocycles. The molecule has 0 aliphatic carbocycles. The molecule has 0 bridgehead atoms. The minimum absolute atomic E-state index is 0.00805. The molecule has 0 radical (unpaired) electrons. The summed E-state index contributed by atoms with van der Waals surface area (Å²) in [6.45, 7) is 0. The van der Waals surface area contributed by atoms with Gasteiger partial charge in [-0.25, -0.2) is 0 Å². The van der Waals surface area contributed by atoms with Crippen molar-refractivity contribution in [1.82, 2.24) is 4.98 Å². The molecule has 0 unspecified atom stereocenters. The number of rotatable bonds is 8. The second-order valence-electron chi connectivity index (χ2n) is 6.47. The molecular formula is C22H23NO5. The van der Waals surface area contributed by atoms with Gasteiger partial charge in [-0.15, -0.1) is 0 Å². The Balaban J connectivity index is 1.60. The fraction of sp³-hybridized carbons (Fsp3) is 0.227. The Kier molecular flexibility index (Phi) is 5.89. The van der Waals surface area contributed by atoms with Crippen molar-refractivity contribution in [3.05, 3.63) is 53.7 Å². The van der Waals surface area contributed by atoms with E-state index in [1.807, 2.05) is 12.3 Å². The lowest BCUT2D eigenvalue weighted by Gasteiger charge is -2.09. The van der Waals surface area contributed by atoms with E-state index in [1.165, 1.54) is 20.3 Å². The first-order valence-corrected chi connectivity index (χ1v) is 8.96. The van der Waals surface area contributed by atoms with Crippen molar-refractivity contribution in [2.24, 2.45) is 0 Å². The number of ketones is 1. The van der Waals surface area contributed by atoms with Crippen molar-refractivity contribution in [3.8, 4) is 23.0 Å². The number of benzene rings is 2. The number of H-pyrrole nitrogens is 1. The number of carbonyl (C=O) groups is 1. The molecule has 0 fully saturated rings. The van der Waals surface area contributed by atoms with Crippen molar-refractivity contribution in [2.75, 3.05) is 14.2 Å². The van der Waals surface area contributed by atoms with Crippen molar-refractivity contribution < 1.29 is 24.5 Å². The van der Waals surface area contributed by atoms with Crippen LogP contribution in [0, 0.1) is 0 Å². The predicted molar refractivity (Wildman–Crippen MR) is 108 cm³/mol. The third-order valence-corrected chi connectivity index (χ3v) is 4.58. The van der Waals surface area contributed by atoms with E-state index in [1.54, 1.807) is 30.3 Å². The van der Waals surface area contributed by atoms with E-state index in [0.29, 0.717) is 18.4 Å². The number of allylic oxidation sites excluding steroid dienone is 1. The summed E-state index contributed by atoms with van der Waals surface area (Å²) in [5.74, 6) is 0.738. The monoisotopic (exact) mass is 381 g/mol. The highest BCUT2D eigenvalue weighted by Crippen LogP contribution is 2.37. The number of hydrogen-bond acceptors (Lipinski definition) is 5. The van der Waals surface area contributed by atoms with Gasteiger partial charge in [-0.1, -0.05) is 6.08 Å². The van der Waals surface area contributed by atoms with Crippen LogP contribution in [0.1, 0.15) is 24.0 Å². The Morgan fingerprint density at radius 1 is 1.11 bits per heavy atom. The third kappa shape index (κ3) is 4.28. The lowest BCUT2D eigenvalue weighted by atomic mass is 10.0. The number of methoxy groups -OCH3 is 2. The molecule has 1 heterocycles. The lowest BCUT2D eigenvalue weighted by molar-refractivity contribution is -0.114. The molecule has 2 aromatic carbocycles. The predicted octanol–water partition coefficient (Wildman–Crippen LogP) is 4.20. The number of ether oxygens (including phenoxy) is 2. The zero-order valence-electron chi connectivity index (χ0n) is 15.9. The topological polar surface area (TPSA) is 91.8 Å². The van der Waals surface area contributed by atoms with Crippen LogP contribution in [-0.2, 0) is 11.2 Å². The Labute approximate surface area is 163 Å². The number of carbonyl (C=O) groups excluding carboxylic acids is 1. The minimum Gasteiger partial charge on any atom is -0.508 e. The summed E-state index contributed by atoms with van der Waals surface area (Å²) in [5.41, 5.74) is 2.75. The lowest BCUT2D eigenvalue weighted by Crippen LogP contribution is -1.95. The maximum Gasteiger partial charge on any atom is 0.200 e. The summed E-state index contributed by atoms with van der Waals surface area (Å²) in [6, 6.07) is 8.49. The number of aryl methyl sites for hydroxylation is 1. The molecule has 6 heteroatoms. The molecular weight excluding hydrogens is 358 g/mol. The standard InChI is InChI=1S/C22H23NO5/c1-27-20-10-14(11-21(28-2)22(20)26)6-7-16(24)5-3-4-15-13-23-19-9-8-17(25)12-18(15)19/h6-13,23,25-26H,3-5H2,1-2H3/b7-6+. The first-order valence-electron chi connectivity index (χ1n) is 8.96. The number of aromatic nitrogens is 1. The van der Waals surface area contributed by atoms with Crippen molar-refractivity contribution >= 4 is 22.8 Å². The molecule has 6 nitrogen and oxygen atoms in total. The first kappa shape index (κ1) is 19.4. The molecule has 3 aromatic rings. The van der Waals surface area contributed by atoms with Crippen LogP contribution in [0.25, 0.3) is 17.0 Å². The van der Waals surface area contributed by atoms with E-state index in [0.717, 1.165) is 22.9 Å². The number of nitrogens with one attached hydrogen (secondary N) is 1. The highest BCUT2D eigenvalue weighted by Gasteiger charge is 2.10. The van der Waals surface area contributed by atoms with E-state index in [2.05, 4.69) is 4.98 Å². The van der Waals surface area contributed by atoms with E-state index in [9.17, 15) is 15.0 Å². The van der Waals surface area contributed by atoms with Gasteiger partial charge in [0.2, 0.25) is 5.75 Å². The second-order valence-corrected chi connectivity index (χ2v) is 6.47. The van der Waals surface area contributed by atoms with Gasteiger partial charge in [-0.2, -0.15) is 0 Å². The van der Waals surface area contributed by atoms with Crippen LogP contribution in [0.5, 0.6) is 23.0 Å². The van der Waals surface area contributed by atoms with E-state index in [-0.39, 0.29) is 28.8 Å².